The van der Waals surface area contributed by atoms with Crippen molar-refractivity contribution in [1.29, 1.82) is 5.26 Å². The zero-order chi connectivity index (χ0) is 24.0. The number of hydrogen-bond acceptors (Lipinski definition) is 3. The minimum atomic E-state index is -0.0879. The van der Waals surface area contributed by atoms with Gasteiger partial charge in [0, 0.05) is 18.7 Å². The Bertz CT molecular complexity index is 1360. The van der Waals surface area contributed by atoms with Crippen LogP contribution in [0.3, 0.4) is 0 Å². The highest BCUT2D eigenvalue weighted by molar-refractivity contribution is 5.95. The van der Waals surface area contributed by atoms with Gasteiger partial charge in [0.15, 0.2) is 0 Å². The number of benzene rings is 4. The van der Waals surface area contributed by atoms with Crippen molar-refractivity contribution >= 4 is 16.7 Å². The summed E-state index contributed by atoms with van der Waals surface area (Å²) in [5.74, 6) is -0.0879. The van der Waals surface area contributed by atoms with E-state index in [1.807, 2.05) is 36.4 Å². The monoisotopic (exact) mass is 459 g/mol. The minimum Gasteiger partial charge on any atom is -0.348 e. The van der Waals surface area contributed by atoms with E-state index >= 15 is 0 Å². The van der Waals surface area contributed by atoms with Crippen molar-refractivity contribution < 1.29 is 4.79 Å². The van der Waals surface area contributed by atoms with E-state index in [4.69, 9.17) is 5.26 Å². The molecule has 4 nitrogen and oxygen atoms in total. The van der Waals surface area contributed by atoms with Gasteiger partial charge in [-0.15, -0.1) is 0 Å². The van der Waals surface area contributed by atoms with Gasteiger partial charge in [-0.1, -0.05) is 61.0 Å². The van der Waals surface area contributed by atoms with E-state index in [2.05, 4.69) is 52.7 Å². The van der Waals surface area contributed by atoms with Crippen LogP contribution < -0.4 is 5.32 Å². The fraction of sp³-hybridized carbons (Fsp3) is 0.226. The molecule has 0 aromatic heterocycles. The fourth-order valence-electron chi connectivity index (χ4n) is 4.86. The first-order chi connectivity index (χ1) is 17.2. The Labute approximate surface area is 206 Å². The molecule has 35 heavy (non-hydrogen) atoms. The Hall–Kier alpha value is -3.94. The highest BCUT2D eigenvalue weighted by Gasteiger charge is 2.12. The van der Waals surface area contributed by atoms with Crippen molar-refractivity contribution in [3.05, 3.63) is 107 Å². The summed E-state index contributed by atoms with van der Waals surface area (Å²) in [7, 11) is 0. The number of nitriles is 1. The van der Waals surface area contributed by atoms with Crippen LogP contribution in [0.2, 0.25) is 0 Å². The third-order valence-electron chi connectivity index (χ3n) is 6.82. The molecule has 4 aromatic carbocycles. The number of nitrogens with one attached hydrogen (secondary N) is 1. The molecule has 1 aliphatic heterocycles. The second-order valence-corrected chi connectivity index (χ2v) is 9.26. The predicted molar refractivity (Wildman–Crippen MR) is 141 cm³/mol. The molecule has 5 rings (SSSR count). The zero-order valence-electron chi connectivity index (χ0n) is 19.8. The van der Waals surface area contributed by atoms with Crippen LogP contribution in [0.5, 0.6) is 0 Å². The van der Waals surface area contributed by atoms with Gasteiger partial charge in [-0.3, -0.25) is 9.69 Å². The molecule has 1 N–H and O–H groups in total. The molecular weight excluding hydrogens is 430 g/mol. The van der Waals surface area contributed by atoms with Crippen LogP contribution in [0.4, 0.5) is 0 Å². The van der Waals surface area contributed by atoms with Crippen LogP contribution in [0.15, 0.2) is 84.9 Å². The maximum atomic E-state index is 12.8. The van der Waals surface area contributed by atoms with Gasteiger partial charge in [0.05, 0.1) is 11.6 Å². The standard InChI is InChI=1S/C31H29N3O/c32-20-23-7-10-25(11-8-23)26-12-14-27(15-13-26)31(35)33-21-29-6-4-5-28-19-24(9-16-30(28)29)22-34-17-2-1-3-18-34/h4-16,19H,1-3,17-18,21-22H2,(H,33,35). The number of rotatable bonds is 6. The SMILES string of the molecule is N#Cc1ccc(-c2ccc(C(=O)NCc3cccc4cc(CN5CCCCC5)ccc34)cc2)cc1. The highest BCUT2D eigenvalue weighted by atomic mass is 16.1. The number of likely N-dealkylation sites (tertiary alicyclic amines) is 1. The van der Waals surface area contributed by atoms with Crippen molar-refractivity contribution in [2.24, 2.45) is 0 Å². The molecule has 1 saturated heterocycles. The summed E-state index contributed by atoms with van der Waals surface area (Å²) in [6, 6.07) is 30.2. The third-order valence-corrected chi connectivity index (χ3v) is 6.82. The first kappa shape index (κ1) is 22.8. The molecule has 1 aliphatic rings. The number of hydrogen-bond donors (Lipinski definition) is 1. The van der Waals surface area contributed by atoms with Crippen molar-refractivity contribution in [2.45, 2.75) is 32.4 Å². The zero-order valence-corrected chi connectivity index (χ0v) is 19.8. The third kappa shape index (κ3) is 5.42. The quantitative estimate of drug-likeness (QED) is 0.368. The molecule has 1 fully saturated rings. The number of piperidine rings is 1. The van der Waals surface area contributed by atoms with Gasteiger partial charge in [-0.2, -0.15) is 5.26 Å². The van der Waals surface area contributed by atoms with Gasteiger partial charge >= 0.3 is 0 Å². The summed E-state index contributed by atoms with van der Waals surface area (Å²) < 4.78 is 0. The van der Waals surface area contributed by atoms with Gasteiger partial charge in [-0.25, -0.2) is 0 Å². The van der Waals surface area contributed by atoms with Crippen molar-refractivity contribution in [3.63, 3.8) is 0 Å². The summed E-state index contributed by atoms with van der Waals surface area (Å²) in [6.07, 6.45) is 3.95. The average molecular weight is 460 g/mol. The molecule has 0 aliphatic carbocycles. The molecule has 1 heterocycles. The Morgan fingerprint density at radius 1 is 0.857 bits per heavy atom. The van der Waals surface area contributed by atoms with Crippen molar-refractivity contribution in [3.8, 4) is 17.2 Å². The minimum absolute atomic E-state index is 0.0879. The van der Waals surface area contributed by atoms with E-state index in [1.165, 1.54) is 48.7 Å². The number of carbonyl (C=O) groups excluding carboxylic acids is 1. The van der Waals surface area contributed by atoms with Gasteiger partial charge < -0.3 is 5.32 Å². The number of fused-ring (bicyclic) bond motifs is 1. The molecular formula is C31H29N3O. The van der Waals surface area contributed by atoms with Gasteiger partial charge in [0.25, 0.3) is 5.91 Å². The lowest BCUT2D eigenvalue weighted by Crippen LogP contribution is -2.29. The van der Waals surface area contributed by atoms with Crippen LogP contribution in [-0.2, 0) is 13.1 Å². The summed E-state index contributed by atoms with van der Waals surface area (Å²) >= 11 is 0. The first-order valence-corrected chi connectivity index (χ1v) is 12.3. The number of amides is 1. The molecule has 4 heteroatoms. The van der Waals surface area contributed by atoms with E-state index < -0.39 is 0 Å². The smallest absolute Gasteiger partial charge is 0.251 e. The highest BCUT2D eigenvalue weighted by Crippen LogP contribution is 2.23. The lowest BCUT2D eigenvalue weighted by molar-refractivity contribution is 0.0951. The molecule has 0 atom stereocenters. The second-order valence-electron chi connectivity index (χ2n) is 9.26. The molecule has 0 saturated carbocycles. The van der Waals surface area contributed by atoms with Gasteiger partial charge in [-0.05, 0) is 89.3 Å². The molecule has 174 valence electrons. The van der Waals surface area contributed by atoms with Crippen LogP contribution in [0, 0.1) is 11.3 Å². The van der Waals surface area contributed by atoms with E-state index in [9.17, 15) is 4.79 Å². The summed E-state index contributed by atoms with van der Waals surface area (Å²) in [5, 5.41) is 14.5. The van der Waals surface area contributed by atoms with E-state index in [1.54, 1.807) is 12.1 Å². The summed E-state index contributed by atoms with van der Waals surface area (Å²) in [4.78, 5) is 15.4. The summed E-state index contributed by atoms with van der Waals surface area (Å²) in [6.45, 7) is 3.88. The lowest BCUT2D eigenvalue weighted by Gasteiger charge is -2.26. The van der Waals surface area contributed by atoms with Crippen LogP contribution >= 0.6 is 0 Å². The largest absolute Gasteiger partial charge is 0.348 e. The van der Waals surface area contributed by atoms with Gasteiger partial charge in [0.1, 0.15) is 0 Å². The van der Waals surface area contributed by atoms with Crippen molar-refractivity contribution in [2.75, 3.05) is 13.1 Å². The summed E-state index contributed by atoms with van der Waals surface area (Å²) in [5.41, 5.74) is 5.77. The predicted octanol–water partition coefficient (Wildman–Crippen LogP) is 6.29. The fourth-order valence-corrected chi connectivity index (χ4v) is 4.86. The van der Waals surface area contributed by atoms with E-state index in [-0.39, 0.29) is 5.91 Å². The molecule has 0 unspecified atom stereocenters. The Morgan fingerprint density at radius 2 is 1.57 bits per heavy atom. The van der Waals surface area contributed by atoms with E-state index in [0.717, 1.165) is 23.2 Å². The average Bonchev–Trinajstić information content (AvgIpc) is 2.92. The van der Waals surface area contributed by atoms with Gasteiger partial charge in [0.2, 0.25) is 0 Å². The number of carbonyl (C=O) groups is 1. The molecule has 0 spiro atoms. The maximum Gasteiger partial charge on any atom is 0.251 e. The lowest BCUT2D eigenvalue weighted by atomic mass is 10.0. The van der Waals surface area contributed by atoms with Crippen LogP contribution in [0.1, 0.15) is 46.3 Å². The second kappa shape index (κ2) is 10.5. The van der Waals surface area contributed by atoms with E-state index in [0.29, 0.717) is 17.7 Å². The molecule has 1 amide bonds. The Balaban J connectivity index is 1.24. The molecule has 4 aromatic rings. The Morgan fingerprint density at radius 3 is 2.29 bits per heavy atom. The topological polar surface area (TPSA) is 56.1 Å². The normalized spacial score (nSPS) is 13.9. The van der Waals surface area contributed by atoms with Crippen molar-refractivity contribution in [1.82, 2.24) is 10.2 Å². The van der Waals surface area contributed by atoms with Crippen LogP contribution in [0.25, 0.3) is 21.9 Å². The maximum absolute atomic E-state index is 12.8. The number of nitrogens with zero attached hydrogens (tertiary/aromatic N) is 2. The Kier molecular flexibility index (Phi) is 6.88. The first-order valence-electron chi connectivity index (χ1n) is 12.3. The van der Waals surface area contributed by atoms with Crippen LogP contribution in [-0.4, -0.2) is 23.9 Å². The molecule has 0 bridgehead atoms. The molecule has 0 radical (unpaired) electrons.